The summed E-state index contributed by atoms with van der Waals surface area (Å²) in [6, 6.07) is 11.1. The maximum Gasteiger partial charge on any atom is 0.416 e. The molecule has 2 aromatic heterocycles. The number of nitrogens with one attached hydrogen (secondary N) is 1. The molecule has 0 saturated carbocycles. The zero-order chi connectivity index (χ0) is 20.4. The summed E-state index contributed by atoms with van der Waals surface area (Å²) < 4.78 is 38.9. The summed E-state index contributed by atoms with van der Waals surface area (Å²) >= 11 is 0. The number of amides is 2. The topological polar surface area (TPSA) is 58.1 Å². The van der Waals surface area contributed by atoms with Crippen LogP contribution in [0.1, 0.15) is 28.4 Å². The first-order chi connectivity index (χ1) is 13.9. The lowest BCUT2D eigenvalue weighted by Gasteiger charge is -2.36. The molecule has 0 radical (unpaired) electrons. The molecule has 1 atom stereocenters. The van der Waals surface area contributed by atoms with E-state index in [9.17, 15) is 18.0 Å². The normalized spacial score (nSPS) is 16.2. The fourth-order valence-electron chi connectivity index (χ4n) is 3.47. The summed E-state index contributed by atoms with van der Waals surface area (Å²) in [6.07, 6.45) is 0.945. The SMILES string of the molecule is O=C(Nc1cccnc1)N1CCc2cccnc2[C@@H]1c1ccc(C(F)(F)F)cc1. The summed E-state index contributed by atoms with van der Waals surface area (Å²) in [5.41, 5.74) is 2.02. The molecule has 1 aromatic carbocycles. The molecule has 3 heterocycles. The first-order valence-electron chi connectivity index (χ1n) is 9.02. The molecule has 148 valence electrons. The van der Waals surface area contributed by atoms with Crippen LogP contribution in [0.15, 0.2) is 67.1 Å². The van der Waals surface area contributed by atoms with Crippen molar-refractivity contribution in [1.29, 1.82) is 0 Å². The maximum absolute atomic E-state index is 13.0. The molecule has 1 N–H and O–H groups in total. The zero-order valence-electron chi connectivity index (χ0n) is 15.2. The van der Waals surface area contributed by atoms with Crippen LogP contribution in [-0.2, 0) is 12.6 Å². The van der Waals surface area contributed by atoms with Crippen molar-refractivity contribution in [1.82, 2.24) is 14.9 Å². The standard InChI is InChI=1S/C21H17F3N4O/c22-21(23,24)16-7-5-15(6-8-16)19-18-14(3-1-11-26-18)9-12-28(19)20(29)27-17-4-2-10-25-13-17/h1-8,10-11,13,19H,9,12H2,(H,27,29)/t19-/m0/s1. The Morgan fingerprint density at radius 3 is 2.52 bits per heavy atom. The van der Waals surface area contributed by atoms with Gasteiger partial charge in [-0.15, -0.1) is 0 Å². The van der Waals surface area contributed by atoms with Gasteiger partial charge in [-0.3, -0.25) is 9.97 Å². The van der Waals surface area contributed by atoms with E-state index in [1.54, 1.807) is 29.4 Å². The first-order valence-corrected chi connectivity index (χ1v) is 9.02. The van der Waals surface area contributed by atoms with Crippen molar-refractivity contribution in [3.63, 3.8) is 0 Å². The number of anilines is 1. The number of rotatable bonds is 2. The van der Waals surface area contributed by atoms with Gasteiger partial charge in [0.2, 0.25) is 0 Å². The van der Waals surface area contributed by atoms with Gasteiger partial charge in [0.25, 0.3) is 0 Å². The number of carbonyl (C=O) groups excluding carboxylic acids is 1. The van der Waals surface area contributed by atoms with E-state index < -0.39 is 17.8 Å². The third-order valence-corrected chi connectivity index (χ3v) is 4.85. The minimum atomic E-state index is -4.42. The van der Waals surface area contributed by atoms with Crippen LogP contribution in [-0.4, -0.2) is 27.4 Å². The highest BCUT2D eigenvalue weighted by molar-refractivity contribution is 5.89. The number of hydrogen-bond donors (Lipinski definition) is 1. The Kier molecular flexibility index (Phi) is 4.92. The van der Waals surface area contributed by atoms with Gasteiger partial charge in [-0.25, -0.2) is 4.79 Å². The van der Waals surface area contributed by atoms with E-state index in [2.05, 4.69) is 15.3 Å². The molecule has 0 unspecified atom stereocenters. The Bertz CT molecular complexity index is 1010. The van der Waals surface area contributed by atoms with Crippen LogP contribution in [0.2, 0.25) is 0 Å². The molecule has 0 bridgehead atoms. The second kappa shape index (κ2) is 7.54. The van der Waals surface area contributed by atoms with Crippen molar-refractivity contribution in [2.24, 2.45) is 0 Å². The average Bonchev–Trinajstić information content (AvgIpc) is 2.73. The summed E-state index contributed by atoms with van der Waals surface area (Å²) in [7, 11) is 0. The van der Waals surface area contributed by atoms with Gasteiger partial charge >= 0.3 is 12.2 Å². The van der Waals surface area contributed by atoms with Crippen LogP contribution in [0.5, 0.6) is 0 Å². The predicted molar refractivity (Wildman–Crippen MR) is 101 cm³/mol. The first kappa shape index (κ1) is 18.9. The summed E-state index contributed by atoms with van der Waals surface area (Å²) in [5, 5.41) is 2.79. The van der Waals surface area contributed by atoms with Crippen LogP contribution in [0, 0.1) is 0 Å². The molecule has 0 aliphatic carbocycles. The number of urea groups is 1. The molecule has 4 rings (SSSR count). The number of benzene rings is 1. The van der Waals surface area contributed by atoms with E-state index in [4.69, 9.17) is 0 Å². The van der Waals surface area contributed by atoms with Gasteiger partial charge in [0.15, 0.2) is 0 Å². The van der Waals surface area contributed by atoms with Crippen LogP contribution >= 0.6 is 0 Å². The van der Waals surface area contributed by atoms with Gasteiger partial charge < -0.3 is 10.2 Å². The van der Waals surface area contributed by atoms with Crippen LogP contribution < -0.4 is 5.32 Å². The Hall–Kier alpha value is -3.42. The summed E-state index contributed by atoms with van der Waals surface area (Å²) in [6.45, 7) is 0.413. The lowest BCUT2D eigenvalue weighted by atomic mass is 9.92. The van der Waals surface area contributed by atoms with E-state index in [0.29, 0.717) is 29.9 Å². The predicted octanol–water partition coefficient (Wildman–Crippen LogP) is 4.68. The maximum atomic E-state index is 13.0. The van der Waals surface area contributed by atoms with Gasteiger partial charge in [-0.1, -0.05) is 18.2 Å². The van der Waals surface area contributed by atoms with Crippen molar-refractivity contribution in [2.75, 3.05) is 11.9 Å². The van der Waals surface area contributed by atoms with Gasteiger partial charge in [0.1, 0.15) is 6.04 Å². The van der Waals surface area contributed by atoms with Gasteiger partial charge in [0, 0.05) is 18.9 Å². The Balaban J connectivity index is 1.70. The molecule has 1 aliphatic rings. The number of pyridine rings is 2. The lowest BCUT2D eigenvalue weighted by molar-refractivity contribution is -0.137. The number of fused-ring (bicyclic) bond motifs is 1. The lowest BCUT2D eigenvalue weighted by Crippen LogP contribution is -2.43. The second-order valence-corrected chi connectivity index (χ2v) is 6.69. The minimum Gasteiger partial charge on any atom is -0.311 e. The molecule has 8 heteroatoms. The molecule has 2 amide bonds. The molecule has 0 saturated heterocycles. The van der Waals surface area contributed by atoms with Gasteiger partial charge in [-0.05, 0) is 47.9 Å². The van der Waals surface area contributed by atoms with Crippen LogP contribution in [0.4, 0.5) is 23.7 Å². The molecule has 1 aliphatic heterocycles. The van der Waals surface area contributed by atoms with Crippen LogP contribution in [0.25, 0.3) is 0 Å². The molecule has 5 nitrogen and oxygen atoms in total. The third kappa shape index (κ3) is 3.91. The highest BCUT2D eigenvalue weighted by atomic mass is 19.4. The molecular formula is C21H17F3N4O. The highest BCUT2D eigenvalue weighted by Crippen LogP contribution is 2.36. The van der Waals surface area contributed by atoms with Gasteiger partial charge in [0.05, 0.1) is 23.1 Å². The van der Waals surface area contributed by atoms with E-state index in [1.807, 2.05) is 12.1 Å². The largest absolute Gasteiger partial charge is 0.416 e. The third-order valence-electron chi connectivity index (χ3n) is 4.85. The monoisotopic (exact) mass is 398 g/mol. The fraction of sp³-hybridized carbons (Fsp3) is 0.190. The van der Waals surface area contributed by atoms with Crippen molar-refractivity contribution >= 4 is 11.7 Å². The molecule has 0 fully saturated rings. The average molecular weight is 398 g/mol. The molecule has 3 aromatic rings. The van der Waals surface area contributed by atoms with Crippen molar-refractivity contribution < 1.29 is 18.0 Å². The van der Waals surface area contributed by atoms with Gasteiger partial charge in [-0.2, -0.15) is 13.2 Å². The van der Waals surface area contributed by atoms with Crippen molar-refractivity contribution in [3.05, 3.63) is 89.5 Å². The number of aromatic nitrogens is 2. The second-order valence-electron chi connectivity index (χ2n) is 6.69. The number of alkyl halides is 3. The Morgan fingerprint density at radius 2 is 1.83 bits per heavy atom. The summed E-state index contributed by atoms with van der Waals surface area (Å²) in [5.74, 6) is 0. The van der Waals surface area contributed by atoms with Crippen molar-refractivity contribution in [2.45, 2.75) is 18.6 Å². The quantitative estimate of drug-likeness (QED) is 0.682. The minimum absolute atomic E-state index is 0.362. The number of halogens is 3. The highest BCUT2D eigenvalue weighted by Gasteiger charge is 2.35. The summed E-state index contributed by atoms with van der Waals surface area (Å²) in [4.78, 5) is 23.0. The molecule has 29 heavy (non-hydrogen) atoms. The van der Waals surface area contributed by atoms with E-state index in [-0.39, 0.29) is 6.03 Å². The van der Waals surface area contributed by atoms with Crippen LogP contribution in [0.3, 0.4) is 0 Å². The van der Waals surface area contributed by atoms with E-state index in [0.717, 1.165) is 17.7 Å². The number of carbonyl (C=O) groups is 1. The van der Waals surface area contributed by atoms with Crippen molar-refractivity contribution in [3.8, 4) is 0 Å². The number of nitrogens with zero attached hydrogens (tertiary/aromatic N) is 3. The Morgan fingerprint density at radius 1 is 1.07 bits per heavy atom. The molecule has 0 spiro atoms. The van der Waals surface area contributed by atoms with E-state index >= 15 is 0 Å². The van der Waals surface area contributed by atoms with E-state index in [1.165, 1.54) is 18.3 Å². The zero-order valence-corrected chi connectivity index (χ0v) is 15.2. The smallest absolute Gasteiger partial charge is 0.311 e. The number of hydrogen-bond acceptors (Lipinski definition) is 3. The molecular weight excluding hydrogens is 381 g/mol. The Labute approximate surface area is 165 Å². The fourth-order valence-corrected chi connectivity index (χ4v) is 3.47.